The largest absolute Gasteiger partial charge is 0.496 e. The van der Waals surface area contributed by atoms with Crippen LogP contribution in [0.5, 0.6) is 5.75 Å². The van der Waals surface area contributed by atoms with Crippen molar-refractivity contribution in [3.8, 4) is 11.8 Å². The van der Waals surface area contributed by atoms with Crippen molar-refractivity contribution in [1.29, 1.82) is 5.26 Å². The van der Waals surface area contributed by atoms with Crippen LogP contribution in [0.3, 0.4) is 0 Å². The average molecular weight is 231 g/mol. The standard InChI is InChI=1S/C14H17NO2/c1-5-10-6-7-12(17-4)11(8-10)13(16)14(2,3)9-15/h6-8H,5H2,1-4H3. The van der Waals surface area contributed by atoms with Gasteiger partial charge in [0.2, 0.25) is 0 Å². The molecule has 1 rings (SSSR count). The number of hydrogen-bond donors (Lipinski definition) is 0. The summed E-state index contributed by atoms with van der Waals surface area (Å²) in [7, 11) is 1.52. The molecular formula is C14H17NO2. The molecule has 3 heteroatoms. The first-order valence-corrected chi connectivity index (χ1v) is 5.59. The molecule has 1 aromatic rings. The SMILES string of the molecule is CCc1ccc(OC)c(C(=O)C(C)(C)C#N)c1. The monoisotopic (exact) mass is 231 g/mol. The summed E-state index contributed by atoms with van der Waals surface area (Å²) < 4.78 is 5.18. The zero-order valence-corrected chi connectivity index (χ0v) is 10.7. The minimum absolute atomic E-state index is 0.202. The summed E-state index contributed by atoms with van der Waals surface area (Å²) in [6.45, 7) is 5.26. The van der Waals surface area contributed by atoms with Gasteiger partial charge in [-0.15, -0.1) is 0 Å². The first kappa shape index (κ1) is 13.2. The predicted octanol–water partition coefficient (Wildman–Crippen LogP) is 2.99. The number of benzene rings is 1. The van der Waals surface area contributed by atoms with Crippen LogP contribution in [0, 0.1) is 16.7 Å². The van der Waals surface area contributed by atoms with E-state index in [1.54, 1.807) is 26.0 Å². The van der Waals surface area contributed by atoms with Gasteiger partial charge in [-0.05, 0) is 38.0 Å². The molecule has 0 heterocycles. The van der Waals surface area contributed by atoms with Crippen molar-refractivity contribution in [1.82, 2.24) is 0 Å². The smallest absolute Gasteiger partial charge is 0.186 e. The maximum Gasteiger partial charge on any atom is 0.186 e. The molecule has 90 valence electrons. The highest BCUT2D eigenvalue weighted by molar-refractivity contribution is 6.04. The molecule has 0 fully saturated rings. The van der Waals surface area contributed by atoms with Crippen LogP contribution in [0.15, 0.2) is 18.2 Å². The topological polar surface area (TPSA) is 50.1 Å². The Morgan fingerprint density at radius 3 is 2.59 bits per heavy atom. The lowest BCUT2D eigenvalue weighted by Crippen LogP contribution is -2.23. The van der Waals surface area contributed by atoms with Crippen LogP contribution in [0.25, 0.3) is 0 Å². The molecule has 1 aromatic carbocycles. The van der Waals surface area contributed by atoms with Crippen LogP contribution in [-0.4, -0.2) is 12.9 Å². The van der Waals surface area contributed by atoms with E-state index in [0.29, 0.717) is 11.3 Å². The van der Waals surface area contributed by atoms with E-state index < -0.39 is 5.41 Å². The molecule has 0 saturated heterocycles. The first-order chi connectivity index (χ1) is 7.96. The number of carbonyl (C=O) groups is 1. The van der Waals surface area contributed by atoms with Gasteiger partial charge >= 0.3 is 0 Å². The first-order valence-electron chi connectivity index (χ1n) is 5.59. The highest BCUT2D eigenvalue weighted by Gasteiger charge is 2.30. The number of methoxy groups -OCH3 is 1. The lowest BCUT2D eigenvalue weighted by Gasteiger charge is -2.16. The van der Waals surface area contributed by atoms with E-state index in [9.17, 15) is 4.79 Å². The van der Waals surface area contributed by atoms with E-state index in [1.165, 1.54) is 7.11 Å². The van der Waals surface area contributed by atoms with Crippen molar-refractivity contribution in [3.63, 3.8) is 0 Å². The second-order valence-electron chi connectivity index (χ2n) is 4.45. The molecule has 0 amide bonds. The number of rotatable bonds is 4. The van der Waals surface area contributed by atoms with E-state index in [4.69, 9.17) is 10.00 Å². The summed E-state index contributed by atoms with van der Waals surface area (Å²) in [5, 5.41) is 9.00. The minimum atomic E-state index is -1.03. The lowest BCUT2D eigenvalue weighted by molar-refractivity contribution is 0.0888. The van der Waals surface area contributed by atoms with Gasteiger partial charge in [0.1, 0.15) is 11.2 Å². The maximum atomic E-state index is 12.2. The van der Waals surface area contributed by atoms with E-state index in [2.05, 4.69) is 0 Å². The molecule has 0 aliphatic rings. The molecule has 17 heavy (non-hydrogen) atoms. The molecule has 0 radical (unpaired) electrons. The number of nitrogens with zero attached hydrogens (tertiary/aromatic N) is 1. The van der Waals surface area contributed by atoms with Crippen LogP contribution in [0.1, 0.15) is 36.7 Å². The zero-order chi connectivity index (χ0) is 13.1. The minimum Gasteiger partial charge on any atom is -0.496 e. The van der Waals surface area contributed by atoms with Crippen molar-refractivity contribution in [2.45, 2.75) is 27.2 Å². The lowest BCUT2D eigenvalue weighted by atomic mass is 9.85. The van der Waals surface area contributed by atoms with Crippen LogP contribution in [0.2, 0.25) is 0 Å². The Labute approximate surface area is 102 Å². The van der Waals surface area contributed by atoms with Crippen molar-refractivity contribution >= 4 is 5.78 Å². The fourth-order valence-electron chi connectivity index (χ4n) is 1.54. The summed E-state index contributed by atoms with van der Waals surface area (Å²) in [6, 6.07) is 7.53. The van der Waals surface area contributed by atoms with Gasteiger partial charge in [-0.2, -0.15) is 5.26 Å². The van der Waals surface area contributed by atoms with E-state index in [1.807, 2.05) is 19.1 Å². The second kappa shape index (κ2) is 5.01. The van der Waals surface area contributed by atoms with Gasteiger partial charge in [0.15, 0.2) is 5.78 Å². The Balaban J connectivity index is 3.29. The van der Waals surface area contributed by atoms with E-state index in [0.717, 1.165) is 12.0 Å². The number of nitriles is 1. The molecule has 0 aliphatic heterocycles. The number of aryl methyl sites for hydroxylation is 1. The van der Waals surface area contributed by atoms with E-state index >= 15 is 0 Å². The second-order valence-corrected chi connectivity index (χ2v) is 4.45. The van der Waals surface area contributed by atoms with Crippen molar-refractivity contribution in [2.24, 2.45) is 5.41 Å². The Kier molecular flexibility index (Phi) is 3.90. The van der Waals surface area contributed by atoms with Gasteiger partial charge in [-0.25, -0.2) is 0 Å². The predicted molar refractivity (Wildman–Crippen MR) is 66.1 cm³/mol. The number of Topliss-reactive ketones (excluding diaryl/α,β-unsaturated/α-hetero) is 1. The summed E-state index contributed by atoms with van der Waals surface area (Å²) in [5.41, 5.74) is 0.515. The van der Waals surface area contributed by atoms with Crippen molar-refractivity contribution in [3.05, 3.63) is 29.3 Å². The number of carbonyl (C=O) groups excluding carboxylic acids is 1. The number of ether oxygens (including phenoxy) is 1. The summed E-state index contributed by atoms with van der Waals surface area (Å²) in [5.74, 6) is 0.322. The zero-order valence-electron chi connectivity index (χ0n) is 10.7. The average Bonchev–Trinajstić information content (AvgIpc) is 2.36. The maximum absolute atomic E-state index is 12.2. The molecular weight excluding hydrogens is 214 g/mol. The number of ketones is 1. The van der Waals surface area contributed by atoms with Crippen LogP contribution in [0.4, 0.5) is 0 Å². The Hall–Kier alpha value is -1.82. The van der Waals surface area contributed by atoms with Gasteiger partial charge in [-0.1, -0.05) is 13.0 Å². The van der Waals surface area contributed by atoms with Crippen LogP contribution < -0.4 is 4.74 Å². The van der Waals surface area contributed by atoms with Gasteiger partial charge < -0.3 is 4.74 Å². The molecule has 0 N–H and O–H groups in total. The third-order valence-electron chi connectivity index (χ3n) is 2.76. The Bertz CT molecular complexity index is 470. The van der Waals surface area contributed by atoms with Gasteiger partial charge in [0.25, 0.3) is 0 Å². The van der Waals surface area contributed by atoms with Gasteiger partial charge in [0.05, 0.1) is 18.7 Å². The highest BCUT2D eigenvalue weighted by Crippen LogP contribution is 2.28. The third kappa shape index (κ3) is 2.65. The van der Waals surface area contributed by atoms with Crippen LogP contribution in [-0.2, 0) is 6.42 Å². The highest BCUT2D eigenvalue weighted by atomic mass is 16.5. The van der Waals surface area contributed by atoms with Crippen molar-refractivity contribution in [2.75, 3.05) is 7.11 Å². The molecule has 3 nitrogen and oxygen atoms in total. The summed E-state index contributed by atoms with van der Waals surface area (Å²) >= 11 is 0. The number of hydrogen-bond acceptors (Lipinski definition) is 3. The molecule has 0 atom stereocenters. The molecule has 0 bridgehead atoms. The van der Waals surface area contributed by atoms with Crippen molar-refractivity contribution < 1.29 is 9.53 Å². The summed E-state index contributed by atoms with van der Waals surface area (Å²) in [6.07, 6.45) is 0.845. The summed E-state index contributed by atoms with van der Waals surface area (Å²) in [4.78, 5) is 12.2. The fourth-order valence-corrected chi connectivity index (χ4v) is 1.54. The molecule has 0 aromatic heterocycles. The molecule has 0 unspecified atom stereocenters. The normalized spacial score (nSPS) is 10.8. The molecule has 0 spiro atoms. The van der Waals surface area contributed by atoms with Crippen LogP contribution >= 0.6 is 0 Å². The van der Waals surface area contributed by atoms with E-state index in [-0.39, 0.29) is 5.78 Å². The van der Waals surface area contributed by atoms with Gasteiger partial charge in [0, 0.05) is 0 Å². The fraction of sp³-hybridized carbons (Fsp3) is 0.429. The Morgan fingerprint density at radius 1 is 1.47 bits per heavy atom. The molecule has 0 saturated carbocycles. The quantitative estimate of drug-likeness (QED) is 0.748. The van der Waals surface area contributed by atoms with Gasteiger partial charge in [-0.3, -0.25) is 4.79 Å². The Morgan fingerprint density at radius 2 is 2.12 bits per heavy atom. The third-order valence-corrected chi connectivity index (χ3v) is 2.76. The molecule has 0 aliphatic carbocycles.